The third-order valence-corrected chi connectivity index (χ3v) is 16.5. The molecule has 0 fully saturated rings. The zero-order chi connectivity index (χ0) is 54.0. The summed E-state index contributed by atoms with van der Waals surface area (Å²) in [5, 5.41) is 0. The van der Waals surface area contributed by atoms with Gasteiger partial charge in [0.05, 0.1) is 5.41 Å². The van der Waals surface area contributed by atoms with Gasteiger partial charge in [-0.05, 0) is 195 Å². The SMILES string of the molecule is C1=CC(/C(=C/c2ccc3c(c2)C2(c4cc(C=C(c5ccccc5)c5ccccc5)ccc4-c4ccc(C=C(c5ccccc5)c5ccccc5)cc42)c2cc(C=C(c4ccccc4)c4ccccc4)ccc2-3)c2ccccc2)=CCC1. The molecule has 0 heteroatoms. The number of benzene rings is 11. The van der Waals surface area contributed by atoms with Crippen molar-refractivity contribution in [3.05, 3.63) is 392 Å². The minimum absolute atomic E-state index is 0.716. The van der Waals surface area contributed by atoms with Gasteiger partial charge in [-0.1, -0.05) is 279 Å². The third-order valence-electron chi connectivity index (χ3n) is 16.5. The first-order valence-corrected chi connectivity index (χ1v) is 28.4. The lowest BCUT2D eigenvalue weighted by atomic mass is 9.69. The zero-order valence-corrected chi connectivity index (χ0v) is 45.1. The van der Waals surface area contributed by atoms with Gasteiger partial charge >= 0.3 is 0 Å². The average molecular weight is 1030 g/mol. The van der Waals surface area contributed by atoms with E-state index in [0.29, 0.717) is 0 Å². The second kappa shape index (κ2) is 21.6. The normalized spacial score (nSPS) is 13.3. The molecule has 0 nitrogen and oxygen atoms in total. The maximum atomic E-state index is 2.53. The van der Waals surface area contributed by atoms with Crippen LogP contribution in [-0.2, 0) is 5.41 Å². The maximum absolute atomic E-state index is 2.53. The van der Waals surface area contributed by atoms with Crippen LogP contribution in [0, 0.1) is 0 Å². The number of hydrogen-bond acceptors (Lipinski definition) is 0. The lowest BCUT2D eigenvalue weighted by Gasteiger charge is -2.31. The Morgan fingerprint density at radius 1 is 0.259 bits per heavy atom. The van der Waals surface area contributed by atoms with E-state index in [2.05, 4.69) is 328 Å². The van der Waals surface area contributed by atoms with E-state index in [1.807, 2.05) is 0 Å². The highest BCUT2D eigenvalue weighted by Crippen LogP contribution is 2.64. The van der Waals surface area contributed by atoms with E-state index in [9.17, 15) is 0 Å². The summed E-state index contributed by atoms with van der Waals surface area (Å²) >= 11 is 0. The first-order valence-electron chi connectivity index (χ1n) is 28.4. The predicted molar refractivity (Wildman–Crippen MR) is 343 cm³/mol. The van der Waals surface area contributed by atoms with E-state index in [4.69, 9.17) is 0 Å². The van der Waals surface area contributed by atoms with Crippen LogP contribution in [0.3, 0.4) is 0 Å². The van der Waals surface area contributed by atoms with Gasteiger partial charge in [-0.2, -0.15) is 0 Å². The van der Waals surface area contributed by atoms with Crippen LogP contribution in [0.25, 0.3) is 68.9 Å². The quantitative estimate of drug-likeness (QED) is 0.107. The molecule has 0 heterocycles. The minimum Gasteiger partial charge on any atom is -0.0836 e. The van der Waals surface area contributed by atoms with Crippen LogP contribution < -0.4 is 0 Å². The zero-order valence-electron chi connectivity index (χ0n) is 45.1. The van der Waals surface area contributed by atoms with Crippen LogP contribution in [0.15, 0.2) is 309 Å². The first-order chi connectivity index (χ1) is 40.2. The summed E-state index contributed by atoms with van der Waals surface area (Å²) in [5.41, 5.74) is 28.4. The van der Waals surface area contributed by atoms with Crippen LogP contribution in [0.5, 0.6) is 0 Å². The summed E-state index contributed by atoms with van der Waals surface area (Å²) in [6.07, 6.45) is 18.8. The standard InChI is InChI=1S/C81H58/c1-9-25-61(26-10-1)73(62-27-11-2-12-28-62)49-57-41-45-69-70-46-42-58(50-74(63-29-13-3-14-30-63)64-31-15-4-16-32-64)54-78(70)81(77(69)53-57)79-55-59(51-75(65-33-17-5-18-34-65)66-35-19-6-20-36-66)43-47-71(79)72-48-44-60(56-80(72)81)52-76(67-37-21-7-22-38-67)68-39-23-8-24-40-68/h1-7,9-23,25-56H,8,24H2/b76-52+. The molecule has 3 aliphatic rings. The van der Waals surface area contributed by atoms with E-state index in [-0.39, 0.29) is 0 Å². The Labute approximate surface area is 476 Å². The van der Waals surface area contributed by atoms with Crippen molar-refractivity contribution in [1.29, 1.82) is 0 Å². The summed E-state index contributed by atoms with van der Waals surface area (Å²) in [6, 6.07) is 105. The molecular weight excluding hydrogens is 973 g/mol. The van der Waals surface area contributed by atoms with Gasteiger partial charge in [0.2, 0.25) is 0 Å². The molecule has 0 saturated carbocycles. The van der Waals surface area contributed by atoms with Gasteiger partial charge in [-0.15, -0.1) is 0 Å². The molecule has 0 radical (unpaired) electrons. The van der Waals surface area contributed by atoms with Crippen molar-refractivity contribution in [3.63, 3.8) is 0 Å². The summed E-state index contributed by atoms with van der Waals surface area (Å²) in [6.45, 7) is 0. The highest BCUT2D eigenvalue weighted by Gasteiger charge is 2.52. The van der Waals surface area contributed by atoms with Crippen molar-refractivity contribution in [1.82, 2.24) is 0 Å². The summed E-state index contributed by atoms with van der Waals surface area (Å²) in [5.74, 6) is 0. The molecule has 14 rings (SSSR count). The molecule has 0 saturated heterocycles. The van der Waals surface area contributed by atoms with Crippen molar-refractivity contribution < 1.29 is 0 Å². The molecule has 1 spiro atoms. The van der Waals surface area contributed by atoms with E-state index in [1.165, 1.54) is 117 Å². The van der Waals surface area contributed by atoms with Gasteiger partial charge in [-0.3, -0.25) is 0 Å². The van der Waals surface area contributed by atoms with Crippen LogP contribution in [-0.4, -0.2) is 0 Å². The predicted octanol–water partition coefficient (Wildman–Crippen LogP) is 20.6. The van der Waals surface area contributed by atoms with Gasteiger partial charge in [-0.25, -0.2) is 0 Å². The Morgan fingerprint density at radius 2 is 0.506 bits per heavy atom. The Bertz CT molecular complexity index is 3890. The molecule has 3 aliphatic carbocycles. The van der Waals surface area contributed by atoms with Crippen LogP contribution in [0.4, 0.5) is 0 Å². The van der Waals surface area contributed by atoms with Crippen LogP contribution in [0.1, 0.15) is 96.3 Å². The smallest absolute Gasteiger partial charge is 0.0726 e. The first kappa shape index (κ1) is 49.2. The monoisotopic (exact) mass is 1030 g/mol. The fourth-order valence-corrected chi connectivity index (χ4v) is 12.8. The molecule has 0 aliphatic heterocycles. The van der Waals surface area contributed by atoms with Gasteiger partial charge in [0, 0.05) is 0 Å². The lowest BCUT2D eigenvalue weighted by molar-refractivity contribution is 0.792. The molecule has 0 aromatic heterocycles. The molecule has 11 aromatic rings. The number of fused-ring (bicyclic) bond motifs is 10. The number of rotatable bonds is 12. The fraction of sp³-hybridized carbons (Fsp3) is 0.0370. The maximum Gasteiger partial charge on any atom is 0.0726 e. The van der Waals surface area contributed by atoms with Crippen molar-refractivity contribution in [2.24, 2.45) is 0 Å². The Kier molecular flexibility index (Phi) is 13.1. The Morgan fingerprint density at radius 3 is 0.753 bits per heavy atom. The highest BCUT2D eigenvalue weighted by molar-refractivity contribution is 6.01. The molecule has 0 atom stereocenters. The molecule has 0 bridgehead atoms. The van der Waals surface area contributed by atoms with E-state index in [0.717, 1.165) is 29.5 Å². The second-order valence-electron chi connectivity index (χ2n) is 21.4. The van der Waals surface area contributed by atoms with Gasteiger partial charge < -0.3 is 0 Å². The minimum atomic E-state index is -0.716. The second-order valence-corrected chi connectivity index (χ2v) is 21.4. The molecule has 0 unspecified atom stereocenters. The van der Waals surface area contributed by atoms with E-state index >= 15 is 0 Å². The summed E-state index contributed by atoms with van der Waals surface area (Å²) in [7, 11) is 0. The van der Waals surface area contributed by atoms with Crippen molar-refractivity contribution in [3.8, 4) is 22.3 Å². The molecule has 0 amide bonds. The molecular formula is C81H58. The highest BCUT2D eigenvalue weighted by atomic mass is 14.5. The largest absolute Gasteiger partial charge is 0.0836 e. The Balaban J connectivity index is 1.07. The topological polar surface area (TPSA) is 0 Å². The van der Waals surface area contributed by atoms with Crippen molar-refractivity contribution in [2.75, 3.05) is 0 Å². The molecule has 0 N–H and O–H groups in total. The fourth-order valence-electron chi connectivity index (χ4n) is 12.8. The van der Waals surface area contributed by atoms with Crippen LogP contribution >= 0.6 is 0 Å². The number of hydrogen-bond donors (Lipinski definition) is 0. The average Bonchev–Trinajstić information content (AvgIpc) is 2.98. The van der Waals surface area contributed by atoms with E-state index in [1.54, 1.807) is 0 Å². The summed E-state index contributed by atoms with van der Waals surface area (Å²) < 4.78 is 0. The molecule has 81 heavy (non-hydrogen) atoms. The van der Waals surface area contributed by atoms with Crippen LogP contribution in [0.2, 0.25) is 0 Å². The summed E-state index contributed by atoms with van der Waals surface area (Å²) in [4.78, 5) is 0. The van der Waals surface area contributed by atoms with Gasteiger partial charge in [0.25, 0.3) is 0 Å². The molecule has 11 aromatic carbocycles. The van der Waals surface area contributed by atoms with Crippen molar-refractivity contribution >= 4 is 46.6 Å². The number of allylic oxidation sites excluding steroid dienone is 5. The lowest BCUT2D eigenvalue weighted by Crippen LogP contribution is -2.26. The van der Waals surface area contributed by atoms with E-state index < -0.39 is 5.41 Å². The van der Waals surface area contributed by atoms with Gasteiger partial charge in [0.15, 0.2) is 0 Å². The van der Waals surface area contributed by atoms with Crippen molar-refractivity contribution in [2.45, 2.75) is 18.3 Å². The molecule has 382 valence electrons. The Hall–Kier alpha value is -10.1. The van der Waals surface area contributed by atoms with Gasteiger partial charge in [0.1, 0.15) is 0 Å². The third kappa shape index (κ3) is 9.31.